The molecule has 1 aliphatic heterocycles. The molecule has 0 fully saturated rings. The van der Waals surface area contributed by atoms with Crippen molar-refractivity contribution in [1.82, 2.24) is 19.5 Å². The number of fused-ring (bicyclic) bond motifs is 1. The van der Waals surface area contributed by atoms with Crippen molar-refractivity contribution in [3.63, 3.8) is 0 Å². The van der Waals surface area contributed by atoms with Gasteiger partial charge in [0.25, 0.3) is 0 Å². The van der Waals surface area contributed by atoms with E-state index in [1.807, 2.05) is 12.1 Å². The van der Waals surface area contributed by atoms with Crippen LogP contribution in [-0.4, -0.2) is 29.8 Å². The van der Waals surface area contributed by atoms with Gasteiger partial charge in [-0.1, -0.05) is 6.07 Å². The van der Waals surface area contributed by atoms with E-state index in [-0.39, 0.29) is 11.4 Å². The van der Waals surface area contributed by atoms with Crippen LogP contribution in [0.3, 0.4) is 0 Å². The third kappa shape index (κ3) is 3.26. The zero-order chi connectivity index (χ0) is 17.3. The summed E-state index contributed by atoms with van der Waals surface area (Å²) in [5, 5.41) is 4.10. The number of nitrogens with one attached hydrogen (secondary N) is 1. The Hall–Kier alpha value is -2.71. The van der Waals surface area contributed by atoms with Gasteiger partial charge in [0.15, 0.2) is 5.82 Å². The molecule has 3 heterocycles. The lowest BCUT2D eigenvalue weighted by molar-refractivity contribution is 0.356. The number of nitrogens with zero attached hydrogens (tertiary/aromatic N) is 3. The Morgan fingerprint density at radius 1 is 1.24 bits per heavy atom. The zero-order valence-electron chi connectivity index (χ0n) is 13.3. The molecule has 0 radical (unpaired) electrons. The van der Waals surface area contributed by atoms with Gasteiger partial charge in [0.1, 0.15) is 5.75 Å². The molecule has 1 N–H and O–H groups in total. The van der Waals surface area contributed by atoms with Crippen molar-refractivity contribution in [3.05, 3.63) is 66.1 Å². The summed E-state index contributed by atoms with van der Waals surface area (Å²) in [4.78, 5) is 4.54. The van der Waals surface area contributed by atoms with Crippen molar-refractivity contribution in [2.24, 2.45) is 0 Å². The summed E-state index contributed by atoms with van der Waals surface area (Å²) >= 11 is 0. The monoisotopic (exact) mass is 356 g/mol. The summed E-state index contributed by atoms with van der Waals surface area (Å²) in [6, 6.07) is 10.4. The van der Waals surface area contributed by atoms with Crippen LogP contribution in [0.5, 0.6) is 5.75 Å². The Bertz CT molecular complexity index is 983. The van der Waals surface area contributed by atoms with E-state index in [1.165, 1.54) is 0 Å². The van der Waals surface area contributed by atoms with E-state index in [0.717, 1.165) is 23.3 Å². The fraction of sp³-hybridized carbons (Fsp3) is 0.176. The number of aromatic nitrogens is 3. The van der Waals surface area contributed by atoms with Gasteiger partial charge in [-0.2, -0.15) is 5.10 Å². The largest absolute Gasteiger partial charge is 0.493 e. The quantitative estimate of drug-likeness (QED) is 0.752. The van der Waals surface area contributed by atoms with Crippen LogP contribution in [-0.2, 0) is 23.0 Å². The summed E-state index contributed by atoms with van der Waals surface area (Å²) in [5.41, 5.74) is 1.69. The standard InChI is InChI=1S/C17H16N4O3S/c22-25(23,15-3-4-16-14(10-15)6-9-24-16)20-12-13-2-5-17(18-11-13)21-8-1-7-19-21/h1-5,7-8,10-11,20H,6,9,12H2. The van der Waals surface area contributed by atoms with Crippen molar-refractivity contribution in [2.45, 2.75) is 17.9 Å². The second-order valence-corrected chi connectivity index (χ2v) is 7.43. The van der Waals surface area contributed by atoms with Crippen LogP contribution in [0.1, 0.15) is 11.1 Å². The molecular weight excluding hydrogens is 340 g/mol. The number of hydrogen-bond donors (Lipinski definition) is 1. The highest BCUT2D eigenvalue weighted by Crippen LogP contribution is 2.27. The highest BCUT2D eigenvalue weighted by Gasteiger charge is 2.19. The smallest absolute Gasteiger partial charge is 0.240 e. The molecule has 8 heteroatoms. The predicted molar refractivity (Wildman–Crippen MR) is 91.0 cm³/mol. The summed E-state index contributed by atoms with van der Waals surface area (Å²) in [7, 11) is -3.58. The summed E-state index contributed by atoms with van der Waals surface area (Å²) in [5.74, 6) is 1.44. The molecule has 0 bridgehead atoms. The highest BCUT2D eigenvalue weighted by molar-refractivity contribution is 7.89. The molecule has 4 rings (SSSR count). The fourth-order valence-corrected chi connectivity index (χ4v) is 3.72. The van der Waals surface area contributed by atoms with Crippen LogP contribution < -0.4 is 9.46 Å². The first-order chi connectivity index (χ1) is 12.1. The number of rotatable bonds is 5. The highest BCUT2D eigenvalue weighted by atomic mass is 32.2. The van der Waals surface area contributed by atoms with Gasteiger partial charge < -0.3 is 4.74 Å². The number of ether oxygens (including phenoxy) is 1. The molecule has 1 aliphatic rings. The second kappa shape index (κ2) is 6.30. The molecule has 3 aromatic rings. The Labute approximate surface area is 145 Å². The lowest BCUT2D eigenvalue weighted by atomic mass is 10.2. The minimum absolute atomic E-state index is 0.169. The normalized spacial score (nSPS) is 13.4. The molecule has 0 atom stereocenters. The van der Waals surface area contributed by atoms with Crippen molar-refractivity contribution in [2.75, 3.05) is 6.61 Å². The molecule has 128 valence electrons. The lowest BCUT2D eigenvalue weighted by Gasteiger charge is -2.08. The topological polar surface area (TPSA) is 86.1 Å². The van der Waals surface area contributed by atoms with Crippen molar-refractivity contribution < 1.29 is 13.2 Å². The van der Waals surface area contributed by atoms with E-state index in [1.54, 1.807) is 47.5 Å². The number of benzene rings is 1. The molecule has 2 aromatic heterocycles. The first-order valence-electron chi connectivity index (χ1n) is 7.82. The maximum Gasteiger partial charge on any atom is 0.240 e. The average Bonchev–Trinajstić information content (AvgIpc) is 3.31. The van der Waals surface area contributed by atoms with Gasteiger partial charge >= 0.3 is 0 Å². The van der Waals surface area contributed by atoms with E-state index in [9.17, 15) is 8.42 Å². The molecule has 0 saturated carbocycles. The molecule has 0 spiro atoms. The first kappa shape index (κ1) is 15.8. The SMILES string of the molecule is O=S(=O)(NCc1ccc(-n2cccn2)nc1)c1ccc2c(c1)CCO2. The third-order valence-electron chi connectivity index (χ3n) is 3.99. The molecule has 25 heavy (non-hydrogen) atoms. The van der Waals surface area contributed by atoms with Crippen LogP contribution in [0.2, 0.25) is 0 Å². The summed E-state index contributed by atoms with van der Waals surface area (Å²) in [6.07, 6.45) is 5.83. The zero-order valence-corrected chi connectivity index (χ0v) is 14.1. The summed E-state index contributed by atoms with van der Waals surface area (Å²) < 4.78 is 34.6. The van der Waals surface area contributed by atoms with Gasteiger partial charge in [0.2, 0.25) is 10.0 Å². The van der Waals surface area contributed by atoms with Gasteiger partial charge in [-0.3, -0.25) is 0 Å². The Balaban J connectivity index is 1.47. The maximum atomic E-state index is 12.5. The van der Waals surface area contributed by atoms with Gasteiger partial charge in [-0.25, -0.2) is 22.8 Å². The Kier molecular flexibility index (Phi) is 3.98. The van der Waals surface area contributed by atoms with E-state index < -0.39 is 10.0 Å². The van der Waals surface area contributed by atoms with Crippen LogP contribution >= 0.6 is 0 Å². The molecule has 0 aliphatic carbocycles. The average molecular weight is 356 g/mol. The number of hydrogen-bond acceptors (Lipinski definition) is 5. The lowest BCUT2D eigenvalue weighted by Crippen LogP contribution is -2.23. The minimum Gasteiger partial charge on any atom is -0.493 e. The molecular formula is C17H16N4O3S. The first-order valence-corrected chi connectivity index (χ1v) is 9.30. The van der Waals surface area contributed by atoms with Crippen molar-refractivity contribution >= 4 is 10.0 Å². The second-order valence-electron chi connectivity index (χ2n) is 5.67. The predicted octanol–water partition coefficient (Wildman–Crippen LogP) is 1.68. The molecule has 0 amide bonds. The van der Waals surface area contributed by atoms with Crippen LogP contribution in [0, 0.1) is 0 Å². The van der Waals surface area contributed by atoms with Crippen LogP contribution in [0.25, 0.3) is 5.82 Å². The van der Waals surface area contributed by atoms with E-state index >= 15 is 0 Å². The van der Waals surface area contributed by atoms with E-state index in [0.29, 0.717) is 12.4 Å². The van der Waals surface area contributed by atoms with E-state index in [4.69, 9.17) is 4.74 Å². The molecule has 1 aromatic carbocycles. The number of sulfonamides is 1. The van der Waals surface area contributed by atoms with E-state index in [2.05, 4.69) is 14.8 Å². The van der Waals surface area contributed by atoms with Gasteiger partial charge in [0, 0.05) is 31.6 Å². The fourth-order valence-electron chi connectivity index (χ4n) is 2.65. The maximum absolute atomic E-state index is 12.5. The molecule has 7 nitrogen and oxygen atoms in total. The molecule has 0 saturated heterocycles. The number of pyridine rings is 1. The molecule has 0 unspecified atom stereocenters. The van der Waals surface area contributed by atoms with Gasteiger partial charge in [-0.05, 0) is 41.5 Å². The van der Waals surface area contributed by atoms with Crippen LogP contribution in [0.4, 0.5) is 0 Å². The van der Waals surface area contributed by atoms with Gasteiger partial charge in [-0.15, -0.1) is 0 Å². The van der Waals surface area contributed by atoms with Crippen LogP contribution in [0.15, 0.2) is 59.9 Å². The Morgan fingerprint density at radius 2 is 2.16 bits per heavy atom. The Morgan fingerprint density at radius 3 is 2.92 bits per heavy atom. The van der Waals surface area contributed by atoms with Crippen molar-refractivity contribution in [3.8, 4) is 11.6 Å². The summed E-state index contributed by atoms with van der Waals surface area (Å²) in [6.45, 7) is 0.767. The minimum atomic E-state index is -3.58. The van der Waals surface area contributed by atoms with Crippen molar-refractivity contribution in [1.29, 1.82) is 0 Å². The third-order valence-corrected chi connectivity index (χ3v) is 5.38. The van der Waals surface area contributed by atoms with Gasteiger partial charge in [0.05, 0.1) is 11.5 Å².